The van der Waals surface area contributed by atoms with Gasteiger partial charge in [0.25, 0.3) is 11.8 Å². The van der Waals surface area contributed by atoms with E-state index in [1.165, 1.54) is 22.7 Å². The molecule has 0 aliphatic heterocycles. The molecular formula is C20H18ClN3O3S2. The lowest BCUT2D eigenvalue weighted by Crippen LogP contribution is -2.26. The summed E-state index contributed by atoms with van der Waals surface area (Å²) in [5, 5.41) is 9.46. The number of nitrogens with one attached hydrogen (secondary N) is 2. The van der Waals surface area contributed by atoms with E-state index in [1.807, 2.05) is 0 Å². The van der Waals surface area contributed by atoms with Crippen LogP contribution in [0, 0.1) is 6.92 Å². The number of thiazole rings is 1. The molecular weight excluding hydrogens is 430 g/mol. The Bertz CT molecular complexity index is 1040. The van der Waals surface area contributed by atoms with Gasteiger partial charge in [0, 0.05) is 11.1 Å². The van der Waals surface area contributed by atoms with Gasteiger partial charge in [0.05, 0.1) is 11.3 Å². The molecule has 150 valence electrons. The Morgan fingerprint density at radius 3 is 2.69 bits per heavy atom. The van der Waals surface area contributed by atoms with Crippen molar-refractivity contribution in [3.8, 4) is 5.75 Å². The van der Waals surface area contributed by atoms with E-state index in [0.717, 1.165) is 12.8 Å². The molecule has 2 aromatic heterocycles. The quantitative estimate of drug-likeness (QED) is 0.540. The normalized spacial score (nSPS) is 13.2. The summed E-state index contributed by atoms with van der Waals surface area (Å²) in [5.41, 5.74) is 1.12. The van der Waals surface area contributed by atoms with Crippen LogP contribution in [0.1, 0.15) is 43.6 Å². The number of nitrogens with zero attached hydrogens (tertiary/aromatic N) is 1. The highest BCUT2D eigenvalue weighted by Crippen LogP contribution is 2.28. The highest BCUT2D eigenvalue weighted by Gasteiger charge is 2.26. The molecule has 1 aliphatic carbocycles. The minimum absolute atomic E-state index is 0.151. The molecule has 1 saturated carbocycles. The number of hydrogen-bond acceptors (Lipinski definition) is 6. The number of thiophene rings is 1. The Hall–Kier alpha value is -2.42. The van der Waals surface area contributed by atoms with Crippen molar-refractivity contribution in [2.45, 2.75) is 32.4 Å². The lowest BCUT2D eigenvalue weighted by molar-refractivity contribution is 0.0952. The molecule has 2 N–H and O–H groups in total. The lowest BCUT2D eigenvalue weighted by Gasteiger charge is -2.06. The van der Waals surface area contributed by atoms with E-state index < -0.39 is 0 Å². The minimum Gasteiger partial charge on any atom is -0.486 e. The highest BCUT2D eigenvalue weighted by molar-refractivity contribution is 7.15. The number of rotatable bonds is 7. The third-order valence-corrected chi connectivity index (χ3v) is 6.48. The van der Waals surface area contributed by atoms with Gasteiger partial charge in [-0.05, 0) is 55.5 Å². The summed E-state index contributed by atoms with van der Waals surface area (Å²) in [6.45, 7) is 2.04. The molecule has 1 aliphatic rings. The van der Waals surface area contributed by atoms with E-state index in [2.05, 4.69) is 15.6 Å². The minimum atomic E-state index is -0.277. The van der Waals surface area contributed by atoms with Gasteiger partial charge in [-0.15, -0.1) is 22.7 Å². The number of carbonyl (C=O) groups is 2. The number of aryl methyl sites for hydroxylation is 1. The third-order valence-electron chi connectivity index (χ3n) is 4.27. The molecule has 0 saturated heterocycles. The van der Waals surface area contributed by atoms with Gasteiger partial charge >= 0.3 is 0 Å². The summed E-state index contributed by atoms with van der Waals surface area (Å²) >= 11 is 8.47. The van der Waals surface area contributed by atoms with Gasteiger partial charge in [0.1, 0.15) is 27.2 Å². The van der Waals surface area contributed by atoms with Crippen molar-refractivity contribution in [2.75, 3.05) is 5.32 Å². The van der Waals surface area contributed by atoms with Crippen molar-refractivity contribution in [3.05, 3.63) is 61.9 Å². The van der Waals surface area contributed by atoms with Crippen molar-refractivity contribution in [1.29, 1.82) is 0 Å². The van der Waals surface area contributed by atoms with E-state index in [-0.39, 0.29) is 24.5 Å². The van der Waals surface area contributed by atoms with Crippen LogP contribution in [-0.4, -0.2) is 22.8 Å². The second kappa shape index (κ2) is 8.52. The number of amides is 2. The molecule has 2 heterocycles. The number of halogens is 1. The first kappa shape index (κ1) is 19.9. The first-order valence-electron chi connectivity index (χ1n) is 9.04. The predicted octanol–water partition coefficient (Wildman–Crippen LogP) is 4.89. The monoisotopic (exact) mass is 447 g/mol. The molecule has 0 bridgehead atoms. The number of ether oxygens (including phenoxy) is 1. The van der Waals surface area contributed by atoms with Gasteiger partial charge in [0.15, 0.2) is 0 Å². The van der Waals surface area contributed by atoms with Crippen LogP contribution in [0.5, 0.6) is 5.75 Å². The van der Waals surface area contributed by atoms with Gasteiger partial charge in [-0.25, -0.2) is 4.98 Å². The first-order valence-corrected chi connectivity index (χ1v) is 11.1. The summed E-state index contributed by atoms with van der Waals surface area (Å²) in [4.78, 5) is 30.0. The summed E-state index contributed by atoms with van der Waals surface area (Å²) < 4.78 is 5.70. The number of aromatic nitrogens is 1. The second-order valence-electron chi connectivity index (χ2n) is 6.63. The molecule has 1 fully saturated rings. The molecule has 2 amide bonds. The van der Waals surface area contributed by atoms with E-state index in [0.29, 0.717) is 36.9 Å². The Kier molecular flexibility index (Phi) is 5.84. The molecule has 6 nitrogen and oxygen atoms in total. The maximum Gasteiger partial charge on any atom is 0.268 e. The van der Waals surface area contributed by atoms with E-state index in [9.17, 15) is 9.59 Å². The zero-order valence-electron chi connectivity index (χ0n) is 15.5. The van der Waals surface area contributed by atoms with Crippen LogP contribution >= 0.6 is 34.3 Å². The average molecular weight is 448 g/mol. The van der Waals surface area contributed by atoms with Crippen LogP contribution < -0.4 is 15.4 Å². The predicted molar refractivity (Wildman–Crippen MR) is 115 cm³/mol. The van der Waals surface area contributed by atoms with E-state index in [1.54, 1.807) is 42.6 Å². The van der Waals surface area contributed by atoms with Crippen LogP contribution in [0.2, 0.25) is 5.02 Å². The molecule has 0 radical (unpaired) electrons. The number of hydrogen-bond donors (Lipinski definition) is 2. The Morgan fingerprint density at radius 1 is 1.21 bits per heavy atom. The smallest absolute Gasteiger partial charge is 0.268 e. The van der Waals surface area contributed by atoms with E-state index in [4.69, 9.17) is 16.3 Å². The van der Waals surface area contributed by atoms with Gasteiger partial charge in [-0.2, -0.15) is 0 Å². The fraction of sp³-hybridized carbons (Fsp3) is 0.250. The van der Waals surface area contributed by atoms with Crippen molar-refractivity contribution >= 4 is 51.1 Å². The molecule has 4 rings (SSSR count). The summed E-state index contributed by atoms with van der Waals surface area (Å²) in [7, 11) is 0. The van der Waals surface area contributed by atoms with Gasteiger partial charge in [-0.1, -0.05) is 11.6 Å². The molecule has 29 heavy (non-hydrogen) atoms. The third kappa shape index (κ3) is 4.95. The standard InChI is InChI=1S/C20H18ClN3O3S2/c1-11-17(29-16(22-11)10-27-14-6-2-12(21)3-7-14)19(26)24-20-15(8-9-28-20)18(25)23-13-4-5-13/h2-3,6-9,13H,4-5,10H2,1H3,(H,23,25)(H,24,26). The van der Waals surface area contributed by atoms with Gasteiger partial charge in [0.2, 0.25) is 0 Å². The first-order chi connectivity index (χ1) is 14.0. The Balaban J connectivity index is 1.41. The zero-order chi connectivity index (χ0) is 20.4. The van der Waals surface area contributed by atoms with Crippen molar-refractivity contribution in [3.63, 3.8) is 0 Å². The van der Waals surface area contributed by atoms with Crippen LogP contribution in [0.4, 0.5) is 5.00 Å². The number of carbonyl (C=O) groups excluding carboxylic acids is 2. The van der Waals surface area contributed by atoms with Crippen LogP contribution in [0.15, 0.2) is 35.7 Å². The molecule has 3 aromatic rings. The Labute approximate surface area is 180 Å². The molecule has 1 aromatic carbocycles. The molecule has 0 spiro atoms. The molecule has 9 heteroatoms. The van der Waals surface area contributed by atoms with E-state index >= 15 is 0 Å². The zero-order valence-corrected chi connectivity index (χ0v) is 17.9. The fourth-order valence-electron chi connectivity index (χ4n) is 2.64. The topological polar surface area (TPSA) is 80.3 Å². The van der Waals surface area contributed by atoms with Gasteiger partial charge in [-0.3, -0.25) is 9.59 Å². The van der Waals surface area contributed by atoms with Crippen LogP contribution in [0.3, 0.4) is 0 Å². The maximum absolute atomic E-state index is 12.7. The lowest BCUT2D eigenvalue weighted by atomic mass is 10.3. The van der Waals surface area contributed by atoms with Crippen molar-refractivity contribution in [2.24, 2.45) is 0 Å². The van der Waals surface area contributed by atoms with Crippen LogP contribution in [-0.2, 0) is 6.61 Å². The SMILES string of the molecule is Cc1nc(COc2ccc(Cl)cc2)sc1C(=O)Nc1sccc1C(=O)NC1CC1. The van der Waals surface area contributed by atoms with Crippen molar-refractivity contribution < 1.29 is 14.3 Å². The molecule has 0 unspecified atom stereocenters. The van der Waals surface area contributed by atoms with Crippen molar-refractivity contribution in [1.82, 2.24) is 10.3 Å². The summed E-state index contributed by atoms with van der Waals surface area (Å²) in [5.74, 6) is 0.251. The largest absolute Gasteiger partial charge is 0.486 e. The fourth-order valence-corrected chi connectivity index (χ4v) is 4.41. The molecule has 0 atom stereocenters. The summed E-state index contributed by atoms with van der Waals surface area (Å²) in [6, 6.07) is 9.05. The highest BCUT2D eigenvalue weighted by atomic mass is 35.5. The maximum atomic E-state index is 12.7. The number of benzene rings is 1. The number of anilines is 1. The average Bonchev–Trinajstić information content (AvgIpc) is 3.24. The summed E-state index contributed by atoms with van der Waals surface area (Å²) in [6.07, 6.45) is 2.02. The van der Waals surface area contributed by atoms with Crippen LogP contribution in [0.25, 0.3) is 0 Å². The van der Waals surface area contributed by atoms with Gasteiger partial charge < -0.3 is 15.4 Å². The second-order valence-corrected chi connectivity index (χ2v) is 9.07. The Morgan fingerprint density at radius 2 is 1.97 bits per heavy atom.